The molecule has 28 nitrogen and oxygen atoms in total. The third-order valence-electron chi connectivity index (χ3n) is 12.2. The van der Waals surface area contributed by atoms with Gasteiger partial charge in [0.2, 0.25) is 59.1 Å². The van der Waals surface area contributed by atoms with Gasteiger partial charge in [0.25, 0.3) is 0 Å². The number of rotatable bonds is 17. The summed E-state index contributed by atoms with van der Waals surface area (Å²) in [6, 6.07) is -9.01. The van der Waals surface area contributed by atoms with Crippen molar-refractivity contribution in [2.24, 2.45) is 33.8 Å². The number of hydrogen-bond donors (Lipinski definition) is 14. The Morgan fingerprint density at radius 1 is 0.681 bits per heavy atom. The first kappa shape index (κ1) is 56.9. The van der Waals surface area contributed by atoms with Gasteiger partial charge in [-0.05, 0) is 63.8 Å². The first-order valence-electron chi connectivity index (χ1n) is 24.0. The van der Waals surface area contributed by atoms with Gasteiger partial charge in [-0.25, -0.2) is 9.97 Å². The smallest absolute Gasteiger partial charge is 0.245 e. The Hall–Kier alpha value is -7.65. The zero-order valence-electron chi connectivity index (χ0n) is 40.6. The van der Waals surface area contributed by atoms with Crippen molar-refractivity contribution in [2.45, 2.75) is 133 Å². The summed E-state index contributed by atoms with van der Waals surface area (Å²) in [5.41, 5.74) is 23.0. The van der Waals surface area contributed by atoms with E-state index in [1.54, 1.807) is 13.8 Å². The van der Waals surface area contributed by atoms with E-state index in [-0.39, 0.29) is 70.4 Å². The highest BCUT2D eigenvalue weighted by molar-refractivity contribution is 5.98. The first-order valence-corrected chi connectivity index (χ1v) is 24.0. The molecule has 4 rings (SSSR count). The number of primary amides is 1. The lowest BCUT2D eigenvalue weighted by molar-refractivity contribution is -0.143. The van der Waals surface area contributed by atoms with Crippen molar-refractivity contribution >= 4 is 65.0 Å². The van der Waals surface area contributed by atoms with Crippen LogP contribution in [-0.2, 0) is 60.8 Å². The van der Waals surface area contributed by atoms with Gasteiger partial charge in [-0.2, -0.15) is 0 Å². The van der Waals surface area contributed by atoms with Gasteiger partial charge < -0.3 is 80.3 Å². The van der Waals surface area contributed by atoms with E-state index in [1.165, 1.54) is 29.9 Å². The predicted molar refractivity (Wildman–Crippen MR) is 258 cm³/mol. The number of unbranched alkanes of at least 4 members (excludes halogenated alkanes) is 1. The summed E-state index contributed by atoms with van der Waals surface area (Å²) in [6.45, 7) is 2.61. The molecule has 28 heteroatoms. The molecule has 2 saturated heterocycles. The second-order valence-corrected chi connectivity index (χ2v) is 17.7. The van der Waals surface area contributed by atoms with E-state index in [4.69, 9.17) is 22.9 Å². The second kappa shape index (κ2) is 28.9. The van der Waals surface area contributed by atoms with Crippen molar-refractivity contribution in [2.75, 3.05) is 32.7 Å². The van der Waals surface area contributed by atoms with Gasteiger partial charge in [0.05, 0.1) is 25.7 Å². The SMILES string of the molecule is CCC(C)C1NC(=O)C(CCCN=C(N)N)NC(=O)CNC(=O)C(Cc2cnc[nH]2)NC(=O)CNC(=O)C(CCC(N)=O)NC(=O)C(Cc2cnc[nH]2)NC(=O)C2CCCN2C(=O)C(CCCCN)NC1=O. The van der Waals surface area contributed by atoms with Gasteiger partial charge in [-0.1, -0.05) is 20.3 Å². The predicted octanol–water partition coefficient (Wildman–Crippen LogP) is -5.44. The van der Waals surface area contributed by atoms with Crippen LogP contribution in [0.3, 0.4) is 0 Å². The summed E-state index contributed by atoms with van der Waals surface area (Å²) in [5, 5.41) is 20.8. The molecule has 0 radical (unpaired) electrons. The molecule has 8 atom stereocenters. The van der Waals surface area contributed by atoms with Crippen LogP contribution in [0.1, 0.15) is 89.4 Å². The number of hydrogen-bond acceptors (Lipinski definition) is 14. The molecule has 10 amide bonds. The van der Waals surface area contributed by atoms with Crippen LogP contribution >= 0.6 is 0 Å². The van der Waals surface area contributed by atoms with E-state index < -0.39 is 120 Å². The van der Waals surface area contributed by atoms with E-state index in [2.05, 4.69) is 67.5 Å². The van der Waals surface area contributed by atoms with Crippen LogP contribution < -0.4 is 65.5 Å². The highest BCUT2D eigenvalue weighted by Gasteiger charge is 2.41. The summed E-state index contributed by atoms with van der Waals surface area (Å²) in [4.78, 5) is 156. The Kier molecular flexibility index (Phi) is 22.8. The molecular weight excluding hydrogens is 941 g/mol. The summed E-state index contributed by atoms with van der Waals surface area (Å²) in [5.74, 6) is -8.62. The number of carbonyl (C=O) groups is 10. The Balaban J connectivity index is 1.74. The molecule has 0 bridgehead atoms. The van der Waals surface area contributed by atoms with E-state index in [0.717, 1.165) is 0 Å². The van der Waals surface area contributed by atoms with E-state index in [9.17, 15) is 47.9 Å². The largest absolute Gasteiger partial charge is 0.370 e. The lowest BCUT2D eigenvalue weighted by Gasteiger charge is -2.32. The molecule has 4 heterocycles. The van der Waals surface area contributed by atoms with Crippen LogP contribution in [0, 0.1) is 5.92 Å². The number of amides is 10. The lowest BCUT2D eigenvalue weighted by Crippen LogP contribution is -2.60. The molecule has 18 N–H and O–H groups in total. The maximum Gasteiger partial charge on any atom is 0.245 e. The number of carbonyl (C=O) groups excluding carboxylic acids is 10. The first-order chi connectivity index (χ1) is 34.4. The third kappa shape index (κ3) is 18.3. The molecule has 2 aliphatic heterocycles. The number of fused-ring (bicyclic) bond motifs is 1. The van der Waals surface area contributed by atoms with Crippen LogP contribution in [0.2, 0.25) is 0 Å². The molecule has 0 saturated carbocycles. The van der Waals surface area contributed by atoms with Gasteiger partial charge in [-0.3, -0.25) is 52.9 Å². The molecule has 8 unspecified atom stereocenters. The number of nitrogens with zero attached hydrogens (tertiary/aromatic N) is 4. The molecule has 0 aliphatic carbocycles. The maximum atomic E-state index is 14.5. The van der Waals surface area contributed by atoms with Crippen LogP contribution in [0.4, 0.5) is 0 Å². The minimum absolute atomic E-state index is 0.0206. The monoisotopic (exact) mass is 1010 g/mol. The zero-order valence-corrected chi connectivity index (χ0v) is 40.6. The van der Waals surface area contributed by atoms with Gasteiger partial charge in [-0.15, -0.1) is 0 Å². The lowest BCUT2D eigenvalue weighted by atomic mass is 9.96. The minimum Gasteiger partial charge on any atom is -0.370 e. The Morgan fingerprint density at radius 2 is 1.22 bits per heavy atom. The van der Waals surface area contributed by atoms with Crippen LogP contribution in [0.25, 0.3) is 0 Å². The van der Waals surface area contributed by atoms with Gasteiger partial charge in [0, 0.05) is 56.1 Å². The third-order valence-corrected chi connectivity index (χ3v) is 12.2. The molecule has 2 aromatic heterocycles. The number of guanidine groups is 1. The fourth-order valence-corrected chi connectivity index (χ4v) is 8.06. The van der Waals surface area contributed by atoms with Crippen LogP contribution in [0.5, 0.6) is 0 Å². The fraction of sp³-hybridized carbons (Fsp3) is 0.614. The maximum absolute atomic E-state index is 14.5. The van der Waals surface area contributed by atoms with Crippen molar-refractivity contribution in [3.8, 4) is 0 Å². The van der Waals surface area contributed by atoms with Gasteiger partial charge in [0.1, 0.15) is 42.3 Å². The Labute approximate surface area is 415 Å². The summed E-state index contributed by atoms with van der Waals surface area (Å²) < 4.78 is 0. The van der Waals surface area contributed by atoms with Gasteiger partial charge in [0.15, 0.2) is 5.96 Å². The summed E-state index contributed by atoms with van der Waals surface area (Å²) >= 11 is 0. The molecule has 72 heavy (non-hydrogen) atoms. The fourth-order valence-electron chi connectivity index (χ4n) is 8.06. The van der Waals surface area contributed by atoms with Crippen LogP contribution in [-0.4, -0.2) is 165 Å². The van der Waals surface area contributed by atoms with E-state index in [1.807, 2.05) is 0 Å². The Morgan fingerprint density at radius 3 is 1.79 bits per heavy atom. The number of nitrogens with one attached hydrogen (secondary N) is 10. The molecule has 0 spiro atoms. The van der Waals surface area contributed by atoms with E-state index in [0.29, 0.717) is 43.6 Å². The highest BCUT2D eigenvalue weighted by atomic mass is 16.2. The van der Waals surface area contributed by atoms with Crippen molar-refractivity contribution < 1.29 is 47.9 Å². The normalized spacial score (nSPS) is 24.2. The summed E-state index contributed by atoms with van der Waals surface area (Å²) in [6.07, 6.45) is 6.70. The van der Waals surface area contributed by atoms with Crippen molar-refractivity contribution in [3.63, 3.8) is 0 Å². The molecular formula is C44H70N18O10. The minimum atomic E-state index is -1.47. The number of nitrogens with two attached hydrogens (primary N) is 4. The summed E-state index contributed by atoms with van der Waals surface area (Å²) in [7, 11) is 0. The number of aromatic amines is 2. The number of H-pyrrole nitrogens is 2. The van der Waals surface area contributed by atoms with Crippen molar-refractivity contribution in [3.05, 3.63) is 36.4 Å². The molecule has 0 aromatic carbocycles. The molecule has 2 aliphatic rings. The number of aromatic nitrogens is 4. The second-order valence-electron chi connectivity index (χ2n) is 17.7. The van der Waals surface area contributed by atoms with Gasteiger partial charge >= 0.3 is 0 Å². The number of aliphatic imine (C=N–C) groups is 1. The molecule has 2 aromatic rings. The average molecular weight is 1010 g/mol. The Bertz CT molecular complexity index is 2200. The average Bonchev–Trinajstić information content (AvgIpc) is 4.17. The molecule has 2 fully saturated rings. The highest BCUT2D eigenvalue weighted by Crippen LogP contribution is 2.21. The van der Waals surface area contributed by atoms with Crippen molar-refractivity contribution in [1.29, 1.82) is 0 Å². The standard InChI is InChI=1S/C44H70N18O10/c1-3-24(2)36-42(71)59-29(8-4-5-13-45)43(72)62-15-7-10-32(62)41(70)60-31(17-26-19-50-23-55-26)40(69)58-28(11-12-33(46)63)37(66)52-21-35(65)57-30(16-25-18-49-22-54-25)38(67)53-20-34(64)56-27(39(68)61-36)9-6-14-51-44(47)48/h18-19,22-24,27-32,36H,3-17,20-21,45H2,1-2H3,(H2,46,63)(H,49,54)(H,50,55)(H,52,66)(H,53,67)(H,56,64)(H,57,65)(H,58,69)(H,59,71)(H,60,70)(H,61,68)(H4,47,48,51). The topological polar surface area (TPSA) is 444 Å². The van der Waals surface area contributed by atoms with E-state index >= 15 is 0 Å². The quantitative estimate of drug-likeness (QED) is 0.0400. The van der Waals surface area contributed by atoms with Crippen molar-refractivity contribution in [1.82, 2.24) is 67.4 Å². The van der Waals surface area contributed by atoms with Crippen LogP contribution in [0.15, 0.2) is 30.0 Å². The molecule has 396 valence electrons. The number of imidazole rings is 2. The zero-order chi connectivity index (χ0) is 52.7.